The predicted octanol–water partition coefficient (Wildman–Crippen LogP) is 5.04. The lowest BCUT2D eigenvalue weighted by Gasteiger charge is -2.10. The first-order chi connectivity index (χ1) is 10.3. The molecule has 0 bridgehead atoms. The van der Waals surface area contributed by atoms with Gasteiger partial charge in [-0.05, 0) is 30.2 Å². The van der Waals surface area contributed by atoms with E-state index in [1.807, 2.05) is 42.5 Å². The van der Waals surface area contributed by atoms with E-state index in [2.05, 4.69) is 45.2 Å². The summed E-state index contributed by atoms with van der Waals surface area (Å²) in [5, 5.41) is 8.42. The number of nitrogens with zero attached hydrogens (tertiary/aromatic N) is 2. The molecule has 1 unspecified atom stereocenters. The van der Waals surface area contributed by atoms with E-state index in [1.165, 1.54) is 5.56 Å². The van der Waals surface area contributed by atoms with Crippen LogP contribution in [0.4, 0.5) is 0 Å². The van der Waals surface area contributed by atoms with Gasteiger partial charge in [-0.3, -0.25) is 0 Å². The van der Waals surface area contributed by atoms with Gasteiger partial charge in [0.05, 0.1) is 5.92 Å². The monoisotopic (exact) mass is 342 g/mol. The normalized spacial score (nSPS) is 12.3. The summed E-state index contributed by atoms with van der Waals surface area (Å²) in [7, 11) is 0. The zero-order chi connectivity index (χ0) is 14.7. The highest BCUT2D eigenvalue weighted by molar-refractivity contribution is 9.10. The number of halogens is 1. The summed E-state index contributed by atoms with van der Waals surface area (Å²) in [5.74, 6) is 1.36. The van der Waals surface area contributed by atoms with Crippen LogP contribution < -0.4 is 0 Å². The first-order valence-corrected chi connectivity index (χ1v) is 7.71. The molecular weight excluding hydrogens is 328 g/mol. The molecule has 0 radical (unpaired) electrons. The first kappa shape index (κ1) is 14.0. The van der Waals surface area contributed by atoms with Crippen LogP contribution in [0.2, 0.25) is 0 Å². The van der Waals surface area contributed by atoms with Crippen LogP contribution in [0.1, 0.15) is 30.7 Å². The van der Waals surface area contributed by atoms with Crippen LogP contribution in [0.5, 0.6) is 0 Å². The average molecular weight is 343 g/mol. The van der Waals surface area contributed by atoms with Gasteiger partial charge < -0.3 is 4.42 Å². The van der Waals surface area contributed by atoms with E-state index in [9.17, 15) is 0 Å². The fraction of sp³-hybridized carbons (Fsp3) is 0.176. The largest absolute Gasteiger partial charge is 0.420 e. The van der Waals surface area contributed by atoms with E-state index in [1.54, 1.807) is 0 Å². The Labute approximate surface area is 132 Å². The molecule has 0 aliphatic rings. The standard InChI is InChI=1S/C17H15BrN2O/c1-2-15(12-7-4-3-5-8-12)17-20-19-16(21-17)13-9-6-10-14(18)11-13/h3-11,15H,2H2,1H3. The van der Waals surface area contributed by atoms with Crippen LogP contribution in [0, 0.1) is 0 Å². The maximum Gasteiger partial charge on any atom is 0.247 e. The fourth-order valence-electron chi connectivity index (χ4n) is 2.35. The van der Waals surface area contributed by atoms with Crippen molar-refractivity contribution in [3.63, 3.8) is 0 Å². The van der Waals surface area contributed by atoms with E-state index >= 15 is 0 Å². The fourth-order valence-corrected chi connectivity index (χ4v) is 2.75. The Bertz CT molecular complexity index is 724. The Morgan fingerprint density at radius 1 is 1.05 bits per heavy atom. The lowest BCUT2D eigenvalue weighted by atomic mass is 9.97. The van der Waals surface area contributed by atoms with E-state index in [0.717, 1.165) is 16.5 Å². The van der Waals surface area contributed by atoms with Gasteiger partial charge in [-0.1, -0.05) is 59.3 Å². The molecule has 106 valence electrons. The molecule has 0 aliphatic heterocycles. The van der Waals surface area contributed by atoms with Gasteiger partial charge in [-0.25, -0.2) is 0 Å². The Morgan fingerprint density at radius 3 is 2.57 bits per heavy atom. The molecular formula is C17H15BrN2O. The Hall–Kier alpha value is -1.94. The molecule has 0 N–H and O–H groups in total. The highest BCUT2D eigenvalue weighted by Crippen LogP contribution is 2.29. The maximum absolute atomic E-state index is 5.89. The summed E-state index contributed by atoms with van der Waals surface area (Å²) in [5.41, 5.74) is 2.12. The van der Waals surface area contributed by atoms with Crippen molar-refractivity contribution in [2.24, 2.45) is 0 Å². The van der Waals surface area contributed by atoms with E-state index in [-0.39, 0.29) is 5.92 Å². The molecule has 1 aromatic heterocycles. The molecule has 21 heavy (non-hydrogen) atoms. The first-order valence-electron chi connectivity index (χ1n) is 6.92. The van der Waals surface area contributed by atoms with Gasteiger partial charge in [0, 0.05) is 10.0 Å². The summed E-state index contributed by atoms with van der Waals surface area (Å²) in [6, 6.07) is 18.1. The Balaban J connectivity index is 1.94. The number of aromatic nitrogens is 2. The zero-order valence-corrected chi connectivity index (χ0v) is 13.2. The van der Waals surface area contributed by atoms with Crippen molar-refractivity contribution in [3.8, 4) is 11.5 Å². The molecule has 0 aliphatic carbocycles. The molecule has 0 saturated heterocycles. The SMILES string of the molecule is CCC(c1ccccc1)c1nnc(-c2cccc(Br)c2)o1. The van der Waals surface area contributed by atoms with Gasteiger partial charge in [0.1, 0.15) is 0 Å². The molecule has 1 atom stereocenters. The smallest absolute Gasteiger partial charge is 0.247 e. The summed E-state index contributed by atoms with van der Waals surface area (Å²) in [6.07, 6.45) is 0.921. The van der Waals surface area contributed by atoms with E-state index < -0.39 is 0 Å². The van der Waals surface area contributed by atoms with Crippen molar-refractivity contribution < 1.29 is 4.42 Å². The molecule has 2 aromatic carbocycles. The third-order valence-corrected chi connectivity index (χ3v) is 3.91. The van der Waals surface area contributed by atoms with Crippen molar-refractivity contribution in [3.05, 3.63) is 70.5 Å². The highest BCUT2D eigenvalue weighted by Gasteiger charge is 2.19. The summed E-state index contributed by atoms with van der Waals surface area (Å²) >= 11 is 3.46. The topological polar surface area (TPSA) is 38.9 Å². The highest BCUT2D eigenvalue weighted by atomic mass is 79.9. The van der Waals surface area contributed by atoms with Crippen molar-refractivity contribution in [1.82, 2.24) is 10.2 Å². The minimum absolute atomic E-state index is 0.139. The molecule has 0 spiro atoms. The van der Waals surface area contributed by atoms with Crippen molar-refractivity contribution in [2.75, 3.05) is 0 Å². The molecule has 0 amide bonds. The second-order valence-corrected chi connectivity index (χ2v) is 5.74. The molecule has 0 fully saturated rings. The van der Waals surface area contributed by atoms with Gasteiger partial charge in [0.15, 0.2) is 0 Å². The second kappa shape index (κ2) is 6.22. The summed E-state index contributed by atoms with van der Waals surface area (Å²) < 4.78 is 6.88. The van der Waals surface area contributed by atoms with E-state index in [4.69, 9.17) is 4.42 Å². The molecule has 3 aromatic rings. The average Bonchev–Trinajstić information content (AvgIpc) is 2.99. The quantitative estimate of drug-likeness (QED) is 0.666. The number of hydrogen-bond donors (Lipinski definition) is 0. The summed E-state index contributed by atoms with van der Waals surface area (Å²) in [4.78, 5) is 0. The molecule has 1 heterocycles. The van der Waals surface area contributed by atoms with Crippen molar-refractivity contribution in [1.29, 1.82) is 0 Å². The maximum atomic E-state index is 5.89. The Morgan fingerprint density at radius 2 is 1.86 bits per heavy atom. The minimum atomic E-state index is 0.139. The van der Waals surface area contributed by atoms with Gasteiger partial charge in [0.25, 0.3) is 0 Å². The molecule has 0 saturated carbocycles. The number of rotatable bonds is 4. The predicted molar refractivity (Wildman–Crippen MR) is 86.0 cm³/mol. The van der Waals surface area contributed by atoms with Crippen LogP contribution in [0.3, 0.4) is 0 Å². The molecule has 3 rings (SSSR count). The van der Waals surface area contributed by atoms with Crippen LogP contribution in [-0.2, 0) is 0 Å². The van der Waals surface area contributed by atoms with E-state index in [0.29, 0.717) is 11.8 Å². The zero-order valence-electron chi connectivity index (χ0n) is 11.7. The van der Waals surface area contributed by atoms with Gasteiger partial charge >= 0.3 is 0 Å². The van der Waals surface area contributed by atoms with Crippen LogP contribution in [0.15, 0.2) is 63.5 Å². The Kier molecular flexibility index (Phi) is 4.15. The van der Waals surface area contributed by atoms with Gasteiger partial charge in [0.2, 0.25) is 11.8 Å². The van der Waals surface area contributed by atoms with Crippen LogP contribution in [0.25, 0.3) is 11.5 Å². The van der Waals surface area contributed by atoms with Crippen molar-refractivity contribution in [2.45, 2.75) is 19.3 Å². The van der Waals surface area contributed by atoms with Crippen molar-refractivity contribution >= 4 is 15.9 Å². The number of benzene rings is 2. The van der Waals surface area contributed by atoms with Crippen LogP contribution >= 0.6 is 15.9 Å². The van der Waals surface area contributed by atoms with Crippen LogP contribution in [-0.4, -0.2) is 10.2 Å². The number of hydrogen-bond acceptors (Lipinski definition) is 3. The molecule has 3 nitrogen and oxygen atoms in total. The van der Waals surface area contributed by atoms with Gasteiger partial charge in [-0.2, -0.15) is 0 Å². The second-order valence-electron chi connectivity index (χ2n) is 4.83. The summed E-state index contributed by atoms with van der Waals surface area (Å²) in [6.45, 7) is 2.13. The lowest BCUT2D eigenvalue weighted by Crippen LogP contribution is -1.99. The minimum Gasteiger partial charge on any atom is -0.420 e. The van der Waals surface area contributed by atoms with Gasteiger partial charge in [-0.15, -0.1) is 10.2 Å². The third-order valence-electron chi connectivity index (χ3n) is 3.42. The molecule has 4 heteroatoms. The third kappa shape index (κ3) is 3.05. The lowest BCUT2D eigenvalue weighted by molar-refractivity contribution is 0.474.